The number of unbranched alkanes of at least 4 members (excludes halogenated alkanes) is 1. The van der Waals surface area contributed by atoms with Gasteiger partial charge in [0.1, 0.15) is 0 Å². The summed E-state index contributed by atoms with van der Waals surface area (Å²) in [6, 6.07) is 10.9. The molecule has 21 heavy (non-hydrogen) atoms. The van der Waals surface area contributed by atoms with E-state index in [0.29, 0.717) is 5.41 Å². The first kappa shape index (κ1) is 16.4. The molecule has 118 valence electrons. The van der Waals surface area contributed by atoms with Crippen molar-refractivity contribution >= 4 is 5.69 Å². The van der Waals surface area contributed by atoms with Gasteiger partial charge in [0.05, 0.1) is 0 Å². The third-order valence-electron chi connectivity index (χ3n) is 5.03. The van der Waals surface area contributed by atoms with Crippen molar-refractivity contribution in [2.75, 3.05) is 24.5 Å². The summed E-state index contributed by atoms with van der Waals surface area (Å²) in [6.07, 6.45) is 10.6. The van der Waals surface area contributed by atoms with E-state index in [1.54, 1.807) is 0 Å². The lowest BCUT2D eigenvalue weighted by molar-refractivity contribution is 0.258. The Bertz CT molecular complexity index is 380. The predicted molar refractivity (Wildman–Crippen MR) is 92.8 cm³/mol. The maximum Gasteiger partial charge on any atom is 0.0366 e. The second kappa shape index (κ2) is 8.43. The largest absolute Gasteiger partial charge is 0.371 e. The Labute approximate surface area is 130 Å². The van der Waals surface area contributed by atoms with Gasteiger partial charge in [0.15, 0.2) is 0 Å². The standard InChI is InChI=1S/C19H32N2/c1-2-3-15-21(18-11-7-6-8-12-18)17-19(16-20)13-9-4-5-10-14-19/h6-8,11-12H,2-5,9-10,13-17,20H2,1H3. The maximum atomic E-state index is 6.24. The molecule has 0 atom stereocenters. The molecule has 0 aromatic heterocycles. The molecule has 1 aliphatic carbocycles. The van der Waals surface area contributed by atoms with Crippen molar-refractivity contribution in [3.05, 3.63) is 30.3 Å². The third kappa shape index (κ3) is 4.74. The van der Waals surface area contributed by atoms with E-state index in [1.165, 1.54) is 57.1 Å². The SMILES string of the molecule is CCCCN(CC1(CN)CCCCCC1)c1ccccc1. The van der Waals surface area contributed by atoms with Gasteiger partial charge in [0, 0.05) is 24.2 Å². The van der Waals surface area contributed by atoms with E-state index in [1.807, 2.05) is 0 Å². The van der Waals surface area contributed by atoms with E-state index in [9.17, 15) is 0 Å². The van der Waals surface area contributed by atoms with Gasteiger partial charge in [-0.1, -0.05) is 57.2 Å². The van der Waals surface area contributed by atoms with Crippen molar-refractivity contribution in [1.82, 2.24) is 0 Å². The highest BCUT2D eigenvalue weighted by molar-refractivity contribution is 5.46. The predicted octanol–water partition coefficient (Wildman–Crippen LogP) is 4.59. The number of anilines is 1. The first-order valence-electron chi connectivity index (χ1n) is 8.80. The van der Waals surface area contributed by atoms with Crippen molar-refractivity contribution in [3.8, 4) is 0 Å². The van der Waals surface area contributed by atoms with E-state index >= 15 is 0 Å². The van der Waals surface area contributed by atoms with Gasteiger partial charge in [-0.15, -0.1) is 0 Å². The van der Waals surface area contributed by atoms with Crippen LogP contribution in [0.2, 0.25) is 0 Å². The third-order valence-corrected chi connectivity index (χ3v) is 5.03. The minimum absolute atomic E-state index is 0.333. The first-order chi connectivity index (χ1) is 10.3. The van der Waals surface area contributed by atoms with Crippen LogP contribution in [0.25, 0.3) is 0 Å². The van der Waals surface area contributed by atoms with Gasteiger partial charge in [-0.05, 0) is 37.9 Å². The average Bonchev–Trinajstić information content (AvgIpc) is 2.78. The van der Waals surface area contributed by atoms with E-state index < -0.39 is 0 Å². The molecular weight excluding hydrogens is 256 g/mol. The lowest BCUT2D eigenvalue weighted by Crippen LogP contribution is -2.43. The van der Waals surface area contributed by atoms with Crippen molar-refractivity contribution in [2.24, 2.45) is 11.1 Å². The van der Waals surface area contributed by atoms with Crippen LogP contribution in [0.3, 0.4) is 0 Å². The van der Waals surface area contributed by atoms with Crippen LogP contribution in [-0.2, 0) is 0 Å². The number of hydrogen-bond acceptors (Lipinski definition) is 2. The van der Waals surface area contributed by atoms with Crippen LogP contribution in [0.5, 0.6) is 0 Å². The van der Waals surface area contributed by atoms with E-state index in [-0.39, 0.29) is 0 Å². The Balaban J connectivity index is 2.12. The molecule has 1 saturated carbocycles. The number of hydrogen-bond donors (Lipinski definition) is 1. The lowest BCUT2D eigenvalue weighted by Gasteiger charge is -2.38. The van der Waals surface area contributed by atoms with Gasteiger partial charge in [0.2, 0.25) is 0 Å². The van der Waals surface area contributed by atoms with Gasteiger partial charge < -0.3 is 10.6 Å². The molecule has 2 N–H and O–H groups in total. The molecule has 1 fully saturated rings. The molecule has 0 unspecified atom stereocenters. The summed E-state index contributed by atoms with van der Waals surface area (Å²) in [7, 11) is 0. The van der Waals surface area contributed by atoms with Crippen LogP contribution < -0.4 is 10.6 Å². The normalized spacial score (nSPS) is 18.2. The lowest BCUT2D eigenvalue weighted by atomic mass is 9.79. The fourth-order valence-electron chi connectivity index (χ4n) is 3.60. The van der Waals surface area contributed by atoms with Crippen LogP contribution in [0, 0.1) is 5.41 Å². The van der Waals surface area contributed by atoms with Crippen molar-refractivity contribution in [3.63, 3.8) is 0 Å². The van der Waals surface area contributed by atoms with Crippen LogP contribution in [-0.4, -0.2) is 19.6 Å². The van der Waals surface area contributed by atoms with E-state index in [2.05, 4.69) is 42.2 Å². The van der Waals surface area contributed by atoms with Gasteiger partial charge >= 0.3 is 0 Å². The summed E-state index contributed by atoms with van der Waals surface area (Å²) in [5.74, 6) is 0. The number of benzene rings is 1. The minimum Gasteiger partial charge on any atom is -0.371 e. The zero-order valence-corrected chi connectivity index (χ0v) is 13.7. The quantitative estimate of drug-likeness (QED) is 0.743. The van der Waals surface area contributed by atoms with Gasteiger partial charge in [-0.3, -0.25) is 0 Å². The highest BCUT2D eigenvalue weighted by Crippen LogP contribution is 2.36. The van der Waals surface area contributed by atoms with Gasteiger partial charge in [-0.2, -0.15) is 0 Å². The maximum absolute atomic E-state index is 6.24. The second-order valence-corrected chi connectivity index (χ2v) is 6.73. The number of nitrogens with two attached hydrogens (primary N) is 1. The molecule has 1 aromatic carbocycles. The molecule has 1 aliphatic rings. The van der Waals surface area contributed by atoms with E-state index in [4.69, 9.17) is 5.73 Å². The molecular formula is C19H32N2. The van der Waals surface area contributed by atoms with Crippen LogP contribution in [0.15, 0.2) is 30.3 Å². The topological polar surface area (TPSA) is 29.3 Å². The zero-order chi connectivity index (χ0) is 15.0. The molecule has 0 spiro atoms. The fourth-order valence-corrected chi connectivity index (χ4v) is 3.60. The van der Waals surface area contributed by atoms with Crippen molar-refractivity contribution < 1.29 is 0 Å². The zero-order valence-electron chi connectivity index (χ0n) is 13.7. The number of rotatable bonds is 7. The molecule has 0 bridgehead atoms. The summed E-state index contributed by atoms with van der Waals surface area (Å²) in [5.41, 5.74) is 7.93. The summed E-state index contributed by atoms with van der Waals surface area (Å²) in [6.45, 7) is 5.39. The second-order valence-electron chi connectivity index (χ2n) is 6.73. The monoisotopic (exact) mass is 288 g/mol. The molecule has 0 aliphatic heterocycles. The first-order valence-corrected chi connectivity index (χ1v) is 8.80. The fraction of sp³-hybridized carbons (Fsp3) is 0.684. The summed E-state index contributed by atoms with van der Waals surface area (Å²) in [5, 5.41) is 0. The summed E-state index contributed by atoms with van der Waals surface area (Å²) in [4.78, 5) is 2.58. The van der Waals surface area contributed by atoms with Gasteiger partial charge in [-0.25, -0.2) is 0 Å². The molecule has 2 rings (SSSR count). The van der Waals surface area contributed by atoms with Gasteiger partial charge in [0.25, 0.3) is 0 Å². The van der Waals surface area contributed by atoms with Crippen molar-refractivity contribution in [2.45, 2.75) is 58.3 Å². The van der Waals surface area contributed by atoms with E-state index in [0.717, 1.165) is 19.6 Å². The minimum atomic E-state index is 0.333. The summed E-state index contributed by atoms with van der Waals surface area (Å²) < 4.78 is 0. The average molecular weight is 288 g/mol. The highest BCUT2D eigenvalue weighted by atomic mass is 15.1. The summed E-state index contributed by atoms with van der Waals surface area (Å²) >= 11 is 0. The molecule has 0 amide bonds. The molecule has 0 saturated heterocycles. The Hall–Kier alpha value is -1.02. The van der Waals surface area contributed by atoms with Crippen LogP contribution >= 0.6 is 0 Å². The highest BCUT2D eigenvalue weighted by Gasteiger charge is 2.31. The Morgan fingerprint density at radius 2 is 1.71 bits per heavy atom. The number of para-hydroxylation sites is 1. The Morgan fingerprint density at radius 1 is 1.05 bits per heavy atom. The molecule has 2 heteroatoms. The van der Waals surface area contributed by atoms with Crippen LogP contribution in [0.1, 0.15) is 58.3 Å². The molecule has 2 nitrogen and oxygen atoms in total. The van der Waals surface area contributed by atoms with Crippen LogP contribution in [0.4, 0.5) is 5.69 Å². The number of nitrogens with zero attached hydrogens (tertiary/aromatic N) is 1. The molecule has 0 heterocycles. The van der Waals surface area contributed by atoms with Crippen molar-refractivity contribution in [1.29, 1.82) is 0 Å². The Kier molecular flexibility index (Phi) is 6.56. The molecule has 0 radical (unpaired) electrons. The Morgan fingerprint density at radius 3 is 2.29 bits per heavy atom. The smallest absolute Gasteiger partial charge is 0.0366 e. The molecule has 1 aromatic rings.